The molecule has 3 heteroatoms. The second kappa shape index (κ2) is 6.13. The Morgan fingerprint density at radius 1 is 1.47 bits per heavy atom. The van der Waals surface area contributed by atoms with Crippen molar-refractivity contribution in [2.45, 2.75) is 32.7 Å². The molecule has 0 saturated heterocycles. The number of ether oxygens (including phenoxy) is 1. The fraction of sp³-hybridized carbons (Fsp3) is 0.500. The van der Waals surface area contributed by atoms with Crippen LogP contribution in [0.5, 0.6) is 5.75 Å². The van der Waals surface area contributed by atoms with Gasteiger partial charge in [-0.1, -0.05) is 35.3 Å². The van der Waals surface area contributed by atoms with E-state index >= 15 is 0 Å². The minimum atomic E-state index is 0.00901. The first kappa shape index (κ1) is 12.5. The Bertz CT molecular complexity index is 312. The van der Waals surface area contributed by atoms with Gasteiger partial charge in [-0.3, -0.25) is 0 Å². The van der Waals surface area contributed by atoms with Gasteiger partial charge in [0.05, 0.1) is 6.61 Å². The lowest BCUT2D eigenvalue weighted by Gasteiger charge is -2.14. The smallest absolute Gasteiger partial charge is 0.125 e. The van der Waals surface area contributed by atoms with E-state index in [1.165, 1.54) is 0 Å². The minimum Gasteiger partial charge on any atom is -0.493 e. The molecule has 0 aliphatic carbocycles. The molecule has 0 aliphatic heterocycles. The molecule has 0 aromatic heterocycles. The number of halogens is 1. The van der Waals surface area contributed by atoms with Crippen LogP contribution in [0.15, 0.2) is 22.7 Å². The summed E-state index contributed by atoms with van der Waals surface area (Å²) in [6.45, 7) is 4.87. The van der Waals surface area contributed by atoms with E-state index in [-0.39, 0.29) is 6.04 Å². The van der Waals surface area contributed by atoms with Crippen molar-refractivity contribution >= 4 is 15.9 Å². The summed E-state index contributed by atoms with van der Waals surface area (Å²) in [5.41, 5.74) is 6.94. The number of hydrogen-bond acceptors (Lipinski definition) is 2. The lowest BCUT2D eigenvalue weighted by Crippen LogP contribution is -2.08. The van der Waals surface area contributed by atoms with Crippen molar-refractivity contribution in [3.63, 3.8) is 0 Å². The zero-order valence-electron chi connectivity index (χ0n) is 9.29. The van der Waals surface area contributed by atoms with Crippen LogP contribution in [0, 0.1) is 0 Å². The van der Waals surface area contributed by atoms with Gasteiger partial charge in [-0.05, 0) is 25.5 Å². The van der Waals surface area contributed by atoms with Crippen LogP contribution in [0.4, 0.5) is 0 Å². The van der Waals surface area contributed by atoms with Gasteiger partial charge in [0, 0.05) is 16.1 Å². The molecule has 1 rings (SSSR count). The van der Waals surface area contributed by atoms with Gasteiger partial charge in [-0.2, -0.15) is 0 Å². The number of unbranched alkanes of at least 4 members (excludes halogenated alkanes) is 1. The Hall–Kier alpha value is -0.540. The highest BCUT2D eigenvalue weighted by molar-refractivity contribution is 9.10. The summed E-state index contributed by atoms with van der Waals surface area (Å²) in [4.78, 5) is 0. The summed E-state index contributed by atoms with van der Waals surface area (Å²) in [7, 11) is 0. The van der Waals surface area contributed by atoms with Gasteiger partial charge < -0.3 is 10.5 Å². The van der Waals surface area contributed by atoms with Crippen LogP contribution in [0.2, 0.25) is 0 Å². The second-order valence-corrected chi connectivity index (χ2v) is 4.59. The van der Waals surface area contributed by atoms with Crippen LogP contribution in [-0.2, 0) is 0 Å². The van der Waals surface area contributed by atoms with Gasteiger partial charge in [-0.15, -0.1) is 0 Å². The molecule has 0 spiro atoms. The van der Waals surface area contributed by atoms with Crippen molar-refractivity contribution < 1.29 is 4.74 Å². The number of rotatable bonds is 5. The van der Waals surface area contributed by atoms with E-state index < -0.39 is 0 Å². The molecule has 84 valence electrons. The Morgan fingerprint density at radius 2 is 2.20 bits per heavy atom. The maximum Gasteiger partial charge on any atom is 0.125 e. The van der Waals surface area contributed by atoms with Crippen LogP contribution < -0.4 is 10.5 Å². The molecule has 0 radical (unpaired) electrons. The molecule has 1 atom stereocenters. The molecule has 0 aliphatic rings. The van der Waals surface area contributed by atoms with Crippen molar-refractivity contribution in [3.05, 3.63) is 28.2 Å². The monoisotopic (exact) mass is 271 g/mol. The van der Waals surface area contributed by atoms with Crippen LogP contribution in [0.1, 0.15) is 38.3 Å². The van der Waals surface area contributed by atoms with E-state index in [1.807, 2.05) is 25.1 Å². The summed E-state index contributed by atoms with van der Waals surface area (Å²) < 4.78 is 6.74. The molecule has 2 nitrogen and oxygen atoms in total. The van der Waals surface area contributed by atoms with Crippen molar-refractivity contribution in [1.82, 2.24) is 0 Å². The molecular formula is C12H18BrNO. The fourth-order valence-electron chi connectivity index (χ4n) is 1.34. The van der Waals surface area contributed by atoms with E-state index in [1.54, 1.807) is 0 Å². The highest BCUT2D eigenvalue weighted by atomic mass is 79.9. The normalized spacial score (nSPS) is 12.5. The van der Waals surface area contributed by atoms with Crippen molar-refractivity contribution in [1.29, 1.82) is 0 Å². The number of nitrogens with two attached hydrogens (primary N) is 1. The average molecular weight is 272 g/mol. The molecule has 2 N–H and O–H groups in total. The maximum atomic E-state index is 5.87. The largest absolute Gasteiger partial charge is 0.493 e. The molecule has 0 saturated carbocycles. The van der Waals surface area contributed by atoms with Crippen LogP contribution in [-0.4, -0.2) is 6.61 Å². The molecule has 0 unspecified atom stereocenters. The first-order valence-corrected chi connectivity index (χ1v) is 6.12. The average Bonchev–Trinajstić information content (AvgIpc) is 2.18. The summed E-state index contributed by atoms with van der Waals surface area (Å²) in [5, 5.41) is 0. The topological polar surface area (TPSA) is 35.2 Å². The quantitative estimate of drug-likeness (QED) is 0.830. The van der Waals surface area contributed by atoms with E-state index in [2.05, 4.69) is 22.9 Å². The summed E-state index contributed by atoms with van der Waals surface area (Å²) in [6.07, 6.45) is 2.21. The molecule has 0 heterocycles. The zero-order chi connectivity index (χ0) is 11.3. The second-order valence-electron chi connectivity index (χ2n) is 3.67. The summed E-state index contributed by atoms with van der Waals surface area (Å²) >= 11 is 3.43. The van der Waals surface area contributed by atoms with E-state index in [0.717, 1.165) is 35.2 Å². The standard InChI is InChI=1S/C12H18BrNO/c1-3-4-7-15-12-8-10(13)5-6-11(12)9(2)14/h5-6,8-9H,3-4,7,14H2,1-2H3/t9-/m0/s1. The third-order valence-electron chi connectivity index (χ3n) is 2.22. The van der Waals surface area contributed by atoms with E-state index in [9.17, 15) is 0 Å². The molecule has 15 heavy (non-hydrogen) atoms. The number of hydrogen-bond donors (Lipinski definition) is 1. The van der Waals surface area contributed by atoms with Crippen molar-refractivity contribution in [2.75, 3.05) is 6.61 Å². The lowest BCUT2D eigenvalue weighted by atomic mass is 10.1. The minimum absolute atomic E-state index is 0.00901. The molecule has 0 fully saturated rings. The maximum absolute atomic E-state index is 5.87. The lowest BCUT2D eigenvalue weighted by molar-refractivity contribution is 0.305. The van der Waals surface area contributed by atoms with Gasteiger partial charge in [0.2, 0.25) is 0 Å². The van der Waals surface area contributed by atoms with Crippen LogP contribution in [0.3, 0.4) is 0 Å². The predicted octanol–water partition coefficient (Wildman–Crippen LogP) is 3.65. The summed E-state index contributed by atoms with van der Waals surface area (Å²) in [5.74, 6) is 0.896. The first-order valence-electron chi connectivity index (χ1n) is 5.33. The highest BCUT2D eigenvalue weighted by Gasteiger charge is 2.08. The summed E-state index contributed by atoms with van der Waals surface area (Å²) in [6, 6.07) is 5.99. The molecule has 1 aromatic carbocycles. The Morgan fingerprint density at radius 3 is 2.80 bits per heavy atom. The van der Waals surface area contributed by atoms with Crippen molar-refractivity contribution in [2.24, 2.45) is 5.73 Å². The first-order chi connectivity index (χ1) is 7.15. The van der Waals surface area contributed by atoms with Crippen LogP contribution >= 0.6 is 15.9 Å². The third-order valence-corrected chi connectivity index (χ3v) is 2.71. The Balaban J connectivity index is 2.77. The Kier molecular flexibility index (Phi) is 5.12. The van der Waals surface area contributed by atoms with Gasteiger partial charge in [0.15, 0.2) is 0 Å². The van der Waals surface area contributed by atoms with Crippen LogP contribution in [0.25, 0.3) is 0 Å². The van der Waals surface area contributed by atoms with E-state index in [0.29, 0.717) is 0 Å². The molecule has 1 aromatic rings. The molecular weight excluding hydrogens is 254 g/mol. The zero-order valence-corrected chi connectivity index (χ0v) is 10.9. The van der Waals surface area contributed by atoms with E-state index in [4.69, 9.17) is 10.5 Å². The SMILES string of the molecule is CCCCOc1cc(Br)ccc1[C@H](C)N. The Labute approximate surface area is 99.9 Å². The third kappa shape index (κ3) is 3.84. The fourth-order valence-corrected chi connectivity index (χ4v) is 1.68. The number of benzene rings is 1. The predicted molar refractivity (Wildman–Crippen MR) is 67.1 cm³/mol. The molecule has 0 bridgehead atoms. The van der Waals surface area contributed by atoms with Gasteiger partial charge in [-0.25, -0.2) is 0 Å². The highest BCUT2D eigenvalue weighted by Crippen LogP contribution is 2.27. The van der Waals surface area contributed by atoms with Gasteiger partial charge in [0.1, 0.15) is 5.75 Å². The molecule has 0 amide bonds. The van der Waals surface area contributed by atoms with Gasteiger partial charge >= 0.3 is 0 Å². The van der Waals surface area contributed by atoms with Crippen molar-refractivity contribution in [3.8, 4) is 5.75 Å². The van der Waals surface area contributed by atoms with Gasteiger partial charge in [0.25, 0.3) is 0 Å².